The SMILES string of the molecule is Ic1ccsc1-c1sc(-c2cccs2)cc1I. The molecule has 0 nitrogen and oxygen atoms in total. The normalized spacial score (nSPS) is 10.9. The molecule has 0 fully saturated rings. The zero-order valence-electron chi connectivity index (χ0n) is 8.44. The van der Waals surface area contributed by atoms with Crippen LogP contribution in [0.2, 0.25) is 0 Å². The summed E-state index contributed by atoms with van der Waals surface area (Å²) in [4.78, 5) is 5.56. The predicted octanol–water partition coefficient (Wildman–Crippen LogP) is 6.41. The van der Waals surface area contributed by atoms with Crippen molar-refractivity contribution >= 4 is 79.2 Å². The summed E-state index contributed by atoms with van der Waals surface area (Å²) in [6.45, 7) is 0. The molecule has 0 bridgehead atoms. The fourth-order valence-corrected chi connectivity index (χ4v) is 6.92. The van der Waals surface area contributed by atoms with Gasteiger partial charge in [0.25, 0.3) is 0 Å². The molecular formula is C12H6I2S3. The topological polar surface area (TPSA) is 0 Å². The minimum absolute atomic E-state index is 1.35. The number of rotatable bonds is 2. The van der Waals surface area contributed by atoms with Gasteiger partial charge in [-0.05, 0) is 74.1 Å². The highest BCUT2D eigenvalue weighted by molar-refractivity contribution is 14.1. The number of hydrogen-bond acceptors (Lipinski definition) is 3. The molecule has 86 valence electrons. The van der Waals surface area contributed by atoms with E-state index in [-0.39, 0.29) is 0 Å². The molecule has 5 heteroatoms. The van der Waals surface area contributed by atoms with Crippen LogP contribution in [0, 0.1) is 7.14 Å². The van der Waals surface area contributed by atoms with Crippen molar-refractivity contribution < 1.29 is 0 Å². The molecular weight excluding hydrogens is 494 g/mol. The third kappa shape index (κ3) is 2.49. The lowest BCUT2D eigenvalue weighted by molar-refractivity contribution is 1.80. The summed E-state index contributed by atoms with van der Waals surface area (Å²) in [5.74, 6) is 0. The van der Waals surface area contributed by atoms with Gasteiger partial charge in [-0.3, -0.25) is 0 Å². The quantitative estimate of drug-likeness (QED) is 0.357. The average molecular weight is 500 g/mol. The van der Waals surface area contributed by atoms with Crippen molar-refractivity contribution in [1.82, 2.24) is 0 Å². The third-order valence-electron chi connectivity index (χ3n) is 2.27. The molecule has 0 aliphatic carbocycles. The van der Waals surface area contributed by atoms with Crippen LogP contribution in [0.3, 0.4) is 0 Å². The maximum absolute atomic E-state index is 2.44. The smallest absolute Gasteiger partial charge is 0.0593 e. The lowest BCUT2D eigenvalue weighted by Gasteiger charge is -1.94. The van der Waals surface area contributed by atoms with Crippen LogP contribution in [-0.2, 0) is 0 Å². The van der Waals surface area contributed by atoms with E-state index in [0.717, 1.165) is 0 Å². The highest BCUT2D eigenvalue weighted by Crippen LogP contribution is 2.43. The minimum atomic E-state index is 1.35. The fourth-order valence-electron chi connectivity index (χ4n) is 1.52. The molecule has 0 saturated carbocycles. The van der Waals surface area contributed by atoms with Crippen molar-refractivity contribution in [3.63, 3.8) is 0 Å². The monoisotopic (exact) mass is 500 g/mol. The van der Waals surface area contributed by atoms with Crippen LogP contribution in [0.5, 0.6) is 0 Å². The van der Waals surface area contributed by atoms with Gasteiger partial charge in [0.2, 0.25) is 0 Å². The lowest BCUT2D eigenvalue weighted by atomic mass is 10.3. The molecule has 3 aromatic heterocycles. The first-order chi connectivity index (χ1) is 8.25. The van der Waals surface area contributed by atoms with Crippen molar-refractivity contribution in [2.45, 2.75) is 0 Å². The van der Waals surface area contributed by atoms with Crippen LogP contribution in [0.1, 0.15) is 0 Å². The standard InChI is InChI=1S/C12H6I2S3/c13-7-3-5-16-11(7)12-8(14)6-10(17-12)9-2-1-4-15-9/h1-6H. The van der Waals surface area contributed by atoms with E-state index in [0.29, 0.717) is 0 Å². The molecule has 0 spiro atoms. The molecule has 0 aliphatic heterocycles. The Hall–Kier alpha value is 0.560. The van der Waals surface area contributed by atoms with Gasteiger partial charge in [0.05, 0.1) is 9.75 Å². The highest BCUT2D eigenvalue weighted by atomic mass is 127. The predicted molar refractivity (Wildman–Crippen MR) is 96.4 cm³/mol. The Morgan fingerprint density at radius 1 is 0.824 bits per heavy atom. The Morgan fingerprint density at radius 2 is 1.71 bits per heavy atom. The van der Waals surface area contributed by atoms with Gasteiger partial charge in [-0.1, -0.05) is 6.07 Å². The van der Waals surface area contributed by atoms with Crippen LogP contribution in [0.25, 0.3) is 19.5 Å². The first-order valence-electron chi connectivity index (χ1n) is 4.82. The van der Waals surface area contributed by atoms with E-state index < -0.39 is 0 Å². The molecule has 0 saturated heterocycles. The molecule has 0 N–H and O–H groups in total. The molecule has 3 heterocycles. The van der Waals surface area contributed by atoms with Crippen molar-refractivity contribution in [2.75, 3.05) is 0 Å². The Kier molecular flexibility index (Phi) is 3.91. The van der Waals surface area contributed by atoms with Crippen molar-refractivity contribution in [3.05, 3.63) is 42.2 Å². The minimum Gasteiger partial charge on any atom is -0.143 e. The summed E-state index contributed by atoms with van der Waals surface area (Å²) in [6, 6.07) is 8.78. The van der Waals surface area contributed by atoms with Gasteiger partial charge in [0.15, 0.2) is 0 Å². The molecule has 0 aliphatic rings. The van der Waals surface area contributed by atoms with Gasteiger partial charge in [-0.25, -0.2) is 0 Å². The summed E-state index contributed by atoms with van der Waals surface area (Å²) in [5, 5.41) is 4.30. The first kappa shape index (κ1) is 12.6. The van der Waals surface area contributed by atoms with E-state index in [1.54, 1.807) is 0 Å². The van der Waals surface area contributed by atoms with Crippen molar-refractivity contribution in [3.8, 4) is 19.5 Å². The Labute approximate surface area is 139 Å². The van der Waals surface area contributed by atoms with E-state index >= 15 is 0 Å². The summed E-state index contributed by atoms with van der Waals surface area (Å²) >= 11 is 10.4. The van der Waals surface area contributed by atoms with E-state index in [2.05, 4.69) is 80.2 Å². The lowest BCUT2D eigenvalue weighted by Crippen LogP contribution is -1.71. The number of hydrogen-bond donors (Lipinski definition) is 0. The van der Waals surface area contributed by atoms with Gasteiger partial charge in [-0.15, -0.1) is 34.0 Å². The van der Waals surface area contributed by atoms with E-state index in [9.17, 15) is 0 Å². The number of thiophene rings is 3. The summed E-state index contributed by atoms with van der Waals surface area (Å²) < 4.78 is 2.71. The number of halogens is 2. The molecule has 3 rings (SSSR count). The second-order valence-corrected chi connectivity index (χ2v) is 8.60. The van der Waals surface area contributed by atoms with Crippen LogP contribution in [-0.4, -0.2) is 0 Å². The second kappa shape index (κ2) is 5.28. The van der Waals surface area contributed by atoms with Gasteiger partial charge >= 0.3 is 0 Å². The Morgan fingerprint density at radius 3 is 2.35 bits per heavy atom. The molecule has 0 unspecified atom stereocenters. The average Bonchev–Trinajstić information content (AvgIpc) is 2.98. The summed E-state index contributed by atoms with van der Waals surface area (Å²) in [7, 11) is 0. The molecule has 3 aromatic rings. The van der Waals surface area contributed by atoms with Crippen LogP contribution >= 0.6 is 79.2 Å². The van der Waals surface area contributed by atoms with Crippen LogP contribution < -0.4 is 0 Å². The highest BCUT2D eigenvalue weighted by Gasteiger charge is 2.14. The van der Waals surface area contributed by atoms with Gasteiger partial charge in [0.1, 0.15) is 0 Å². The Balaban J connectivity index is 2.11. The Bertz CT molecular complexity index is 635. The fraction of sp³-hybridized carbons (Fsp3) is 0. The zero-order valence-corrected chi connectivity index (χ0v) is 15.2. The summed E-state index contributed by atoms with van der Waals surface area (Å²) in [5.41, 5.74) is 0. The van der Waals surface area contributed by atoms with Crippen LogP contribution in [0.4, 0.5) is 0 Å². The molecule has 17 heavy (non-hydrogen) atoms. The maximum Gasteiger partial charge on any atom is 0.0593 e. The second-order valence-electron chi connectivity index (χ2n) is 3.36. The largest absolute Gasteiger partial charge is 0.143 e. The zero-order chi connectivity index (χ0) is 11.8. The molecule has 0 aromatic carbocycles. The maximum atomic E-state index is 2.44. The van der Waals surface area contributed by atoms with Gasteiger partial charge < -0.3 is 0 Å². The van der Waals surface area contributed by atoms with E-state index in [1.165, 1.54) is 26.6 Å². The van der Waals surface area contributed by atoms with Crippen LogP contribution in [0.15, 0.2) is 35.0 Å². The van der Waals surface area contributed by atoms with Gasteiger partial charge in [0, 0.05) is 16.9 Å². The summed E-state index contributed by atoms with van der Waals surface area (Å²) in [6.07, 6.45) is 0. The first-order valence-corrected chi connectivity index (χ1v) is 9.55. The molecule has 0 amide bonds. The molecule has 0 atom stereocenters. The molecule has 0 radical (unpaired) electrons. The van der Waals surface area contributed by atoms with Crippen molar-refractivity contribution in [1.29, 1.82) is 0 Å². The van der Waals surface area contributed by atoms with E-state index in [4.69, 9.17) is 0 Å². The van der Waals surface area contributed by atoms with E-state index in [1.807, 2.05) is 34.0 Å². The van der Waals surface area contributed by atoms with Gasteiger partial charge in [-0.2, -0.15) is 0 Å². The third-order valence-corrected chi connectivity index (χ3v) is 8.04. The van der Waals surface area contributed by atoms with Crippen molar-refractivity contribution in [2.24, 2.45) is 0 Å².